The molecule has 2 rings (SSSR count). The molecule has 0 bridgehead atoms. The van der Waals surface area contributed by atoms with Crippen molar-refractivity contribution >= 4 is 11.6 Å². The molecule has 86 valence electrons. The van der Waals surface area contributed by atoms with Crippen molar-refractivity contribution in [3.05, 3.63) is 18.2 Å². The van der Waals surface area contributed by atoms with Crippen LogP contribution in [0.3, 0.4) is 0 Å². The van der Waals surface area contributed by atoms with Crippen molar-refractivity contribution in [2.24, 2.45) is 0 Å². The maximum atomic E-state index is 11.2. The number of hydrogen-bond acceptors (Lipinski definition) is 4. The molecule has 16 heavy (non-hydrogen) atoms. The molecule has 1 saturated heterocycles. The van der Waals surface area contributed by atoms with E-state index in [-0.39, 0.29) is 5.91 Å². The molecule has 1 aliphatic rings. The number of hydrogen-bond donors (Lipinski definition) is 0. The van der Waals surface area contributed by atoms with E-state index in [1.165, 1.54) is 0 Å². The van der Waals surface area contributed by atoms with Gasteiger partial charge in [0.15, 0.2) is 0 Å². The molecule has 1 aliphatic heterocycles. The summed E-state index contributed by atoms with van der Waals surface area (Å²) in [5.41, 5.74) is 1.04. The van der Waals surface area contributed by atoms with Gasteiger partial charge in [-0.1, -0.05) is 0 Å². The van der Waals surface area contributed by atoms with Gasteiger partial charge in [0.2, 0.25) is 5.91 Å². The maximum absolute atomic E-state index is 11.2. The van der Waals surface area contributed by atoms with E-state index in [1.54, 1.807) is 6.92 Å². The monoisotopic (exact) mass is 220 g/mol. The van der Waals surface area contributed by atoms with Crippen molar-refractivity contribution in [3.8, 4) is 0 Å². The molecule has 5 nitrogen and oxygen atoms in total. The van der Waals surface area contributed by atoms with Crippen LogP contribution >= 0.6 is 0 Å². The fourth-order valence-electron chi connectivity index (χ4n) is 1.83. The third-order valence-corrected chi connectivity index (χ3v) is 2.86. The van der Waals surface area contributed by atoms with Crippen LogP contribution in [0.2, 0.25) is 0 Å². The smallest absolute Gasteiger partial charge is 0.219 e. The van der Waals surface area contributed by atoms with Gasteiger partial charge in [-0.25, -0.2) is 9.97 Å². The van der Waals surface area contributed by atoms with Gasteiger partial charge in [0.05, 0.1) is 18.1 Å². The SMILES string of the molecule is CC(=O)N1CCN(c2cnc(C)nc2)CC1. The number of anilines is 1. The Morgan fingerprint density at radius 2 is 1.75 bits per heavy atom. The second kappa shape index (κ2) is 4.47. The predicted octanol–water partition coefficient (Wildman–Crippen LogP) is 0.454. The zero-order valence-corrected chi connectivity index (χ0v) is 9.68. The lowest BCUT2D eigenvalue weighted by atomic mass is 10.3. The van der Waals surface area contributed by atoms with E-state index in [0.717, 1.165) is 37.7 Å². The predicted molar refractivity (Wildman–Crippen MR) is 61.2 cm³/mol. The van der Waals surface area contributed by atoms with Crippen LogP contribution in [-0.2, 0) is 4.79 Å². The van der Waals surface area contributed by atoms with Gasteiger partial charge >= 0.3 is 0 Å². The topological polar surface area (TPSA) is 49.3 Å². The van der Waals surface area contributed by atoms with E-state index in [1.807, 2.05) is 24.2 Å². The fourth-order valence-corrected chi connectivity index (χ4v) is 1.83. The zero-order valence-electron chi connectivity index (χ0n) is 9.68. The van der Waals surface area contributed by atoms with E-state index in [9.17, 15) is 4.79 Å². The number of carbonyl (C=O) groups excluding carboxylic acids is 1. The van der Waals surface area contributed by atoms with Crippen LogP contribution in [-0.4, -0.2) is 47.0 Å². The molecule has 1 aromatic heterocycles. The molecule has 0 unspecified atom stereocenters. The highest BCUT2D eigenvalue weighted by atomic mass is 16.2. The molecule has 0 aromatic carbocycles. The lowest BCUT2D eigenvalue weighted by Gasteiger charge is -2.35. The van der Waals surface area contributed by atoms with Crippen LogP contribution in [0.25, 0.3) is 0 Å². The van der Waals surface area contributed by atoms with E-state index in [0.29, 0.717) is 0 Å². The van der Waals surface area contributed by atoms with Gasteiger partial charge in [0.1, 0.15) is 5.82 Å². The van der Waals surface area contributed by atoms with Crippen molar-refractivity contribution in [1.29, 1.82) is 0 Å². The summed E-state index contributed by atoms with van der Waals surface area (Å²) in [5, 5.41) is 0. The Hall–Kier alpha value is -1.65. The first-order valence-electron chi connectivity index (χ1n) is 5.46. The molecule has 0 spiro atoms. The highest BCUT2D eigenvalue weighted by molar-refractivity contribution is 5.73. The van der Waals surface area contributed by atoms with Gasteiger partial charge in [-0.2, -0.15) is 0 Å². The Balaban J connectivity index is 1.99. The normalized spacial score (nSPS) is 16.4. The summed E-state index contributed by atoms with van der Waals surface area (Å²) in [7, 11) is 0. The molecule has 0 N–H and O–H groups in total. The molecule has 1 amide bonds. The molecule has 5 heteroatoms. The van der Waals surface area contributed by atoms with Crippen LogP contribution in [0.15, 0.2) is 12.4 Å². The summed E-state index contributed by atoms with van der Waals surface area (Å²) in [5.74, 6) is 0.936. The Morgan fingerprint density at radius 3 is 2.25 bits per heavy atom. The van der Waals surface area contributed by atoms with Crippen molar-refractivity contribution < 1.29 is 4.79 Å². The number of aryl methyl sites for hydroxylation is 1. The number of rotatable bonds is 1. The molecule has 1 aromatic rings. The average Bonchev–Trinajstić information content (AvgIpc) is 2.30. The van der Waals surface area contributed by atoms with E-state index < -0.39 is 0 Å². The summed E-state index contributed by atoms with van der Waals surface area (Å²) in [4.78, 5) is 23.6. The molecule has 0 radical (unpaired) electrons. The Bertz CT molecular complexity index is 368. The Morgan fingerprint density at radius 1 is 1.19 bits per heavy atom. The lowest BCUT2D eigenvalue weighted by Crippen LogP contribution is -2.48. The van der Waals surface area contributed by atoms with Crippen molar-refractivity contribution in [2.75, 3.05) is 31.1 Å². The lowest BCUT2D eigenvalue weighted by molar-refractivity contribution is -0.129. The highest BCUT2D eigenvalue weighted by Gasteiger charge is 2.18. The fraction of sp³-hybridized carbons (Fsp3) is 0.545. The summed E-state index contributed by atoms with van der Waals surface area (Å²) in [6.45, 7) is 6.76. The number of aromatic nitrogens is 2. The van der Waals surface area contributed by atoms with Gasteiger partial charge < -0.3 is 9.80 Å². The number of carbonyl (C=O) groups is 1. The van der Waals surface area contributed by atoms with Crippen molar-refractivity contribution in [2.45, 2.75) is 13.8 Å². The van der Waals surface area contributed by atoms with Crippen LogP contribution in [0.4, 0.5) is 5.69 Å². The van der Waals surface area contributed by atoms with Gasteiger partial charge in [-0.15, -0.1) is 0 Å². The number of nitrogens with zero attached hydrogens (tertiary/aromatic N) is 4. The third-order valence-electron chi connectivity index (χ3n) is 2.86. The van der Waals surface area contributed by atoms with Crippen LogP contribution in [0, 0.1) is 6.92 Å². The number of amides is 1. The van der Waals surface area contributed by atoms with Gasteiger partial charge in [-0.05, 0) is 6.92 Å². The van der Waals surface area contributed by atoms with Crippen molar-refractivity contribution in [3.63, 3.8) is 0 Å². The van der Waals surface area contributed by atoms with Crippen molar-refractivity contribution in [1.82, 2.24) is 14.9 Å². The van der Waals surface area contributed by atoms with Gasteiger partial charge in [0, 0.05) is 33.1 Å². The maximum Gasteiger partial charge on any atom is 0.219 e. The first kappa shape index (κ1) is 10.9. The second-order valence-corrected chi connectivity index (χ2v) is 3.98. The average molecular weight is 220 g/mol. The van der Waals surface area contributed by atoms with Crippen LogP contribution in [0.5, 0.6) is 0 Å². The Labute approximate surface area is 95.1 Å². The minimum atomic E-state index is 0.153. The van der Waals surface area contributed by atoms with E-state index in [4.69, 9.17) is 0 Å². The standard InChI is InChI=1S/C11H16N4O/c1-9-12-7-11(8-13-9)15-5-3-14(4-6-15)10(2)16/h7-8H,3-6H2,1-2H3. The van der Waals surface area contributed by atoms with Crippen LogP contribution < -0.4 is 4.90 Å². The van der Waals surface area contributed by atoms with E-state index in [2.05, 4.69) is 14.9 Å². The summed E-state index contributed by atoms with van der Waals surface area (Å²) in [6.07, 6.45) is 3.68. The first-order chi connectivity index (χ1) is 7.66. The van der Waals surface area contributed by atoms with Gasteiger partial charge in [-0.3, -0.25) is 4.79 Å². The summed E-state index contributed by atoms with van der Waals surface area (Å²) in [6, 6.07) is 0. The second-order valence-electron chi connectivity index (χ2n) is 3.98. The highest BCUT2D eigenvalue weighted by Crippen LogP contribution is 2.13. The summed E-state index contributed by atoms with van der Waals surface area (Å²) >= 11 is 0. The van der Waals surface area contributed by atoms with Crippen LogP contribution in [0.1, 0.15) is 12.7 Å². The first-order valence-corrected chi connectivity index (χ1v) is 5.46. The molecule has 0 atom stereocenters. The minimum Gasteiger partial charge on any atom is -0.365 e. The Kier molecular flexibility index (Phi) is 3.03. The molecule has 2 heterocycles. The summed E-state index contributed by atoms with van der Waals surface area (Å²) < 4.78 is 0. The van der Waals surface area contributed by atoms with Gasteiger partial charge in [0.25, 0.3) is 0 Å². The molecular weight excluding hydrogens is 204 g/mol. The largest absolute Gasteiger partial charge is 0.365 e. The molecule has 0 saturated carbocycles. The number of piperazine rings is 1. The minimum absolute atomic E-state index is 0.153. The molecule has 1 fully saturated rings. The quantitative estimate of drug-likeness (QED) is 0.689. The zero-order chi connectivity index (χ0) is 11.5. The molecule has 0 aliphatic carbocycles. The molecular formula is C11H16N4O. The third kappa shape index (κ3) is 2.29. The van der Waals surface area contributed by atoms with E-state index >= 15 is 0 Å².